The quantitative estimate of drug-likeness (QED) is 0.848. The normalized spacial score (nSPS) is 10.2. The van der Waals surface area contributed by atoms with E-state index in [1.807, 2.05) is 24.3 Å². The molecule has 2 N–H and O–H groups in total. The molecular formula is C14H13BrN2O2. The maximum atomic E-state index is 11.8. The molecule has 0 fully saturated rings. The van der Waals surface area contributed by atoms with Gasteiger partial charge in [-0.2, -0.15) is 0 Å². The number of H-pyrrole nitrogens is 1. The number of aromatic nitrogens is 1. The Bertz CT molecular complexity index is 620. The number of hydrogen-bond acceptors (Lipinski definition) is 2. The Hall–Kier alpha value is -1.88. The van der Waals surface area contributed by atoms with Gasteiger partial charge >= 0.3 is 0 Å². The Morgan fingerprint density at radius 2 is 1.84 bits per heavy atom. The van der Waals surface area contributed by atoms with Crippen molar-refractivity contribution >= 4 is 21.8 Å². The van der Waals surface area contributed by atoms with Gasteiger partial charge in [-0.1, -0.05) is 40.2 Å². The second kappa shape index (κ2) is 6.33. The molecule has 98 valence electrons. The summed E-state index contributed by atoms with van der Waals surface area (Å²) in [6, 6.07) is 10.8. The van der Waals surface area contributed by atoms with Crippen LogP contribution in [-0.4, -0.2) is 10.9 Å². The number of rotatable bonds is 4. The second-order valence-electron chi connectivity index (χ2n) is 4.07. The summed E-state index contributed by atoms with van der Waals surface area (Å²) >= 11 is 3.38. The van der Waals surface area contributed by atoms with Crippen molar-refractivity contribution in [3.63, 3.8) is 0 Å². The van der Waals surface area contributed by atoms with Crippen LogP contribution in [0.5, 0.6) is 0 Å². The fraction of sp³-hybridized carbons (Fsp3) is 0.143. The van der Waals surface area contributed by atoms with E-state index in [-0.39, 0.29) is 11.5 Å². The van der Waals surface area contributed by atoms with Crippen LogP contribution in [-0.2, 0) is 11.9 Å². The van der Waals surface area contributed by atoms with Gasteiger partial charge in [0.25, 0.3) is 5.91 Å². The Kier molecular flexibility index (Phi) is 4.52. The zero-order valence-electron chi connectivity index (χ0n) is 10.2. The lowest BCUT2D eigenvalue weighted by molar-refractivity contribution is 0.0950. The molecule has 2 rings (SSSR count). The van der Waals surface area contributed by atoms with Crippen molar-refractivity contribution in [2.24, 2.45) is 0 Å². The van der Waals surface area contributed by atoms with Crippen LogP contribution in [0.4, 0.5) is 0 Å². The third-order valence-corrected chi connectivity index (χ3v) is 3.32. The Balaban J connectivity index is 1.98. The van der Waals surface area contributed by atoms with Gasteiger partial charge in [-0.15, -0.1) is 0 Å². The first-order chi connectivity index (χ1) is 9.19. The number of benzene rings is 1. The third kappa shape index (κ3) is 3.79. The molecule has 0 aliphatic heterocycles. The van der Waals surface area contributed by atoms with Gasteiger partial charge in [-0.3, -0.25) is 9.59 Å². The summed E-state index contributed by atoms with van der Waals surface area (Å²) in [7, 11) is 0. The fourth-order valence-electron chi connectivity index (χ4n) is 1.62. The Morgan fingerprint density at radius 3 is 2.47 bits per heavy atom. The molecule has 2 aromatic rings. The topological polar surface area (TPSA) is 62.0 Å². The van der Waals surface area contributed by atoms with Crippen LogP contribution >= 0.6 is 15.9 Å². The van der Waals surface area contributed by atoms with Crippen molar-refractivity contribution in [2.45, 2.75) is 11.9 Å². The first kappa shape index (κ1) is 13.5. The second-order valence-corrected chi connectivity index (χ2v) is 4.64. The number of pyridine rings is 1. The molecule has 0 saturated heterocycles. The zero-order chi connectivity index (χ0) is 13.7. The lowest BCUT2D eigenvalue weighted by atomic mass is 10.1. The van der Waals surface area contributed by atoms with Gasteiger partial charge in [0, 0.05) is 29.7 Å². The number of amides is 1. The maximum absolute atomic E-state index is 11.8. The summed E-state index contributed by atoms with van der Waals surface area (Å²) in [5.41, 5.74) is 2.28. The van der Waals surface area contributed by atoms with Crippen LogP contribution in [0.15, 0.2) is 47.4 Å². The Labute approximate surface area is 119 Å². The number of carbonyl (C=O) groups excluding carboxylic acids is 1. The van der Waals surface area contributed by atoms with Crippen molar-refractivity contribution in [3.05, 3.63) is 69.6 Å². The molecule has 1 aromatic carbocycles. The van der Waals surface area contributed by atoms with Crippen molar-refractivity contribution in [1.29, 1.82) is 0 Å². The van der Waals surface area contributed by atoms with Gasteiger partial charge in [-0.25, -0.2) is 0 Å². The molecule has 0 unspecified atom stereocenters. The van der Waals surface area contributed by atoms with Crippen LogP contribution in [0.1, 0.15) is 21.5 Å². The lowest BCUT2D eigenvalue weighted by Crippen LogP contribution is -2.24. The van der Waals surface area contributed by atoms with Crippen molar-refractivity contribution in [2.75, 3.05) is 0 Å². The molecule has 1 amide bonds. The summed E-state index contributed by atoms with van der Waals surface area (Å²) in [4.78, 5) is 25.4. The van der Waals surface area contributed by atoms with Crippen LogP contribution < -0.4 is 10.9 Å². The summed E-state index contributed by atoms with van der Waals surface area (Å²) in [6.45, 7) is 0.439. The predicted octanol–water partition coefficient (Wildman–Crippen LogP) is 2.20. The molecule has 0 aliphatic rings. The average Bonchev–Trinajstić information content (AvgIpc) is 2.45. The molecule has 0 aliphatic carbocycles. The monoisotopic (exact) mass is 320 g/mol. The number of carbonyl (C=O) groups is 1. The molecule has 1 aromatic heterocycles. The smallest absolute Gasteiger partial charge is 0.251 e. The van der Waals surface area contributed by atoms with Gasteiger partial charge in [-0.05, 0) is 17.2 Å². The van der Waals surface area contributed by atoms with E-state index < -0.39 is 0 Å². The van der Waals surface area contributed by atoms with Gasteiger partial charge in [0.1, 0.15) is 0 Å². The summed E-state index contributed by atoms with van der Waals surface area (Å²) in [5.74, 6) is -0.254. The minimum atomic E-state index is -0.283. The average molecular weight is 321 g/mol. The Morgan fingerprint density at radius 1 is 1.16 bits per heavy atom. The van der Waals surface area contributed by atoms with Crippen LogP contribution in [0.3, 0.4) is 0 Å². The third-order valence-electron chi connectivity index (χ3n) is 2.67. The highest BCUT2D eigenvalue weighted by molar-refractivity contribution is 9.08. The van der Waals surface area contributed by atoms with Crippen LogP contribution in [0.25, 0.3) is 0 Å². The van der Waals surface area contributed by atoms with E-state index in [0.717, 1.165) is 10.9 Å². The molecule has 0 saturated carbocycles. The van der Waals surface area contributed by atoms with E-state index in [1.54, 1.807) is 6.07 Å². The van der Waals surface area contributed by atoms with E-state index in [0.29, 0.717) is 12.1 Å². The first-order valence-corrected chi connectivity index (χ1v) is 6.92. The molecule has 0 spiro atoms. The van der Waals surface area contributed by atoms with E-state index in [2.05, 4.69) is 26.2 Å². The van der Waals surface area contributed by atoms with Gasteiger partial charge in [0.15, 0.2) is 0 Å². The minimum absolute atomic E-state index is 0.254. The number of nitrogens with one attached hydrogen (secondary N) is 2. The predicted molar refractivity (Wildman–Crippen MR) is 77.3 cm³/mol. The maximum Gasteiger partial charge on any atom is 0.251 e. The van der Waals surface area contributed by atoms with Crippen LogP contribution in [0.2, 0.25) is 0 Å². The molecular weight excluding hydrogens is 308 g/mol. The highest BCUT2D eigenvalue weighted by Crippen LogP contribution is 2.07. The highest BCUT2D eigenvalue weighted by atomic mass is 79.9. The van der Waals surface area contributed by atoms with Gasteiger partial charge in [0.2, 0.25) is 5.56 Å². The number of halogens is 1. The van der Waals surface area contributed by atoms with Gasteiger partial charge < -0.3 is 10.3 Å². The highest BCUT2D eigenvalue weighted by Gasteiger charge is 2.05. The molecule has 4 nitrogen and oxygen atoms in total. The van der Waals surface area contributed by atoms with Gasteiger partial charge in [0.05, 0.1) is 0 Å². The molecule has 19 heavy (non-hydrogen) atoms. The molecule has 5 heteroatoms. The zero-order valence-corrected chi connectivity index (χ0v) is 11.7. The summed E-state index contributed by atoms with van der Waals surface area (Å²) in [6.07, 6.45) is 1.46. The molecule has 0 atom stereocenters. The lowest BCUT2D eigenvalue weighted by Gasteiger charge is -2.05. The number of alkyl halides is 1. The van der Waals surface area contributed by atoms with E-state index in [1.165, 1.54) is 17.8 Å². The van der Waals surface area contributed by atoms with E-state index >= 15 is 0 Å². The molecule has 1 heterocycles. The summed E-state index contributed by atoms with van der Waals surface area (Å²) < 4.78 is 0. The first-order valence-electron chi connectivity index (χ1n) is 5.80. The van der Waals surface area contributed by atoms with E-state index in [4.69, 9.17) is 0 Å². The standard InChI is InChI=1S/C14H13BrN2O2/c15-8-10-1-3-11(4-2-10)9-17-14(19)12-5-6-16-13(18)7-12/h1-7H,8-9H2,(H,16,18)(H,17,19). The van der Waals surface area contributed by atoms with E-state index in [9.17, 15) is 9.59 Å². The minimum Gasteiger partial charge on any atom is -0.348 e. The molecule has 0 bridgehead atoms. The number of aromatic amines is 1. The SMILES string of the molecule is O=C(NCc1ccc(CBr)cc1)c1cc[nH]c(=O)c1. The van der Waals surface area contributed by atoms with Crippen LogP contribution in [0, 0.1) is 0 Å². The summed E-state index contributed by atoms with van der Waals surface area (Å²) in [5, 5.41) is 3.59. The van der Waals surface area contributed by atoms with Crippen molar-refractivity contribution in [1.82, 2.24) is 10.3 Å². The number of hydrogen-bond donors (Lipinski definition) is 2. The fourth-order valence-corrected chi connectivity index (χ4v) is 1.99. The largest absolute Gasteiger partial charge is 0.348 e. The molecule has 0 radical (unpaired) electrons. The van der Waals surface area contributed by atoms with Crippen molar-refractivity contribution in [3.8, 4) is 0 Å². The van der Waals surface area contributed by atoms with Crippen molar-refractivity contribution < 1.29 is 4.79 Å².